The fourth-order valence-electron chi connectivity index (χ4n) is 2.14. The Labute approximate surface area is 107 Å². The first-order chi connectivity index (χ1) is 8.28. The van der Waals surface area contributed by atoms with Crippen molar-refractivity contribution in [1.29, 1.82) is 0 Å². The van der Waals surface area contributed by atoms with Gasteiger partial charge in [0.05, 0.1) is 12.3 Å². The van der Waals surface area contributed by atoms with Gasteiger partial charge < -0.3 is 5.11 Å². The van der Waals surface area contributed by atoms with E-state index in [2.05, 4.69) is 28.8 Å². The number of hydrogen-bond donors (Lipinski definition) is 3. The molecule has 1 fully saturated rings. The molecule has 1 aromatic heterocycles. The highest BCUT2D eigenvalue weighted by Gasteiger charge is 2.45. The van der Waals surface area contributed by atoms with Crippen molar-refractivity contribution in [3.63, 3.8) is 0 Å². The molecule has 1 aliphatic rings. The number of aryl methyl sites for hydroxylation is 1. The minimum Gasteiger partial charge on any atom is -0.390 e. The molecule has 0 saturated heterocycles. The van der Waals surface area contributed by atoms with E-state index in [9.17, 15) is 8.42 Å². The van der Waals surface area contributed by atoms with Crippen molar-refractivity contribution in [2.24, 2.45) is 11.3 Å². The van der Waals surface area contributed by atoms with E-state index in [4.69, 9.17) is 5.11 Å². The standard InChI is InChI=1S/C11H19N3O3S/c1-7-10(9(6-15)14-13-7)18(16,17)12-5-8-4-11(8,2)3/h8,12,15H,4-6H2,1-3H3,(H,13,14). The summed E-state index contributed by atoms with van der Waals surface area (Å²) >= 11 is 0. The number of hydrogen-bond acceptors (Lipinski definition) is 4. The third-order valence-corrected chi connectivity index (χ3v) is 5.24. The first-order valence-electron chi connectivity index (χ1n) is 5.92. The van der Waals surface area contributed by atoms with E-state index in [1.165, 1.54) is 0 Å². The topological polar surface area (TPSA) is 95.1 Å². The van der Waals surface area contributed by atoms with Gasteiger partial charge in [-0.2, -0.15) is 5.10 Å². The Morgan fingerprint density at radius 2 is 2.17 bits per heavy atom. The van der Waals surface area contributed by atoms with Gasteiger partial charge in [0.2, 0.25) is 10.0 Å². The van der Waals surface area contributed by atoms with Crippen molar-refractivity contribution >= 4 is 10.0 Å². The molecular formula is C11H19N3O3S. The lowest BCUT2D eigenvalue weighted by atomic mass is 10.1. The average Bonchev–Trinajstić information content (AvgIpc) is 2.69. The maximum absolute atomic E-state index is 12.2. The first-order valence-corrected chi connectivity index (χ1v) is 7.40. The number of nitrogens with one attached hydrogen (secondary N) is 2. The van der Waals surface area contributed by atoms with Crippen LogP contribution >= 0.6 is 0 Å². The Bertz CT molecular complexity index is 548. The molecule has 0 radical (unpaired) electrons. The quantitative estimate of drug-likeness (QED) is 0.729. The molecular weight excluding hydrogens is 254 g/mol. The summed E-state index contributed by atoms with van der Waals surface area (Å²) in [7, 11) is -3.60. The van der Waals surface area contributed by atoms with Crippen LogP contribution in [0.2, 0.25) is 0 Å². The molecule has 1 atom stereocenters. The van der Waals surface area contributed by atoms with Crippen molar-refractivity contribution in [2.45, 2.75) is 38.7 Å². The Hall–Kier alpha value is -0.920. The SMILES string of the molecule is Cc1[nH]nc(CO)c1S(=O)(=O)NCC1CC1(C)C. The molecule has 18 heavy (non-hydrogen) atoms. The van der Waals surface area contributed by atoms with Crippen LogP contribution in [0, 0.1) is 18.3 Å². The number of aromatic amines is 1. The van der Waals surface area contributed by atoms with Gasteiger partial charge in [0.1, 0.15) is 10.6 Å². The van der Waals surface area contributed by atoms with Gasteiger partial charge in [-0.15, -0.1) is 0 Å². The van der Waals surface area contributed by atoms with Crippen LogP contribution in [0.15, 0.2) is 4.90 Å². The summed E-state index contributed by atoms with van der Waals surface area (Å²) in [4.78, 5) is 0.0726. The molecule has 0 bridgehead atoms. The number of aliphatic hydroxyl groups is 1. The van der Waals surface area contributed by atoms with Gasteiger partial charge >= 0.3 is 0 Å². The highest BCUT2D eigenvalue weighted by Crippen LogP contribution is 2.51. The van der Waals surface area contributed by atoms with Crippen molar-refractivity contribution in [1.82, 2.24) is 14.9 Å². The lowest BCUT2D eigenvalue weighted by Gasteiger charge is -2.08. The molecule has 1 unspecified atom stereocenters. The minimum atomic E-state index is -3.60. The van der Waals surface area contributed by atoms with Gasteiger partial charge in [-0.1, -0.05) is 13.8 Å². The van der Waals surface area contributed by atoms with E-state index in [-0.39, 0.29) is 16.0 Å². The van der Waals surface area contributed by atoms with Crippen LogP contribution in [0.4, 0.5) is 0 Å². The van der Waals surface area contributed by atoms with Crippen LogP contribution in [-0.4, -0.2) is 30.3 Å². The van der Waals surface area contributed by atoms with Crippen LogP contribution in [0.25, 0.3) is 0 Å². The smallest absolute Gasteiger partial charge is 0.244 e. The lowest BCUT2D eigenvalue weighted by Crippen LogP contribution is -2.28. The van der Waals surface area contributed by atoms with Crippen LogP contribution in [0.3, 0.4) is 0 Å². The Kier molecular flexibility index (Phi) is 3.25. The molecule has 1 aromatic rings. The summed E-state index contributed by atoms with van der Waals surface area (Å²) in [6.45, 7) is 5.91. The van der Waals surface area contributed by atoms with E-state index in [0.29, 0.717) is 18.2 Å². The Balaban J connectivity index is 2.13. The van der Waals surface area contributed by atoms with Gasteiger partial charge in [0, 0.05) is 6.54 Å². The molecule has 0 aromatic carbocycles. The van der Waals surface area contributed by atoms with Gasteiger partial charge in [0.15, 0.2) is 0 Å². The largest absolute Gasteiger partial charge is 0.390 e. The van der Waals surface area contributed by atoms with Crippen LogP contribution in [0.5, 0.6) is 0 Å². The summed E-state index contributed by atoms with van der Waals surface area (Å²) in [5, 5.41) is 15.5. The lowest BCUT2D eigenvalue weighted by molar-refractivity contribution is 0.273. The number of sulfonamides is 1. The fourth-order valence-corrected chi connectivity index (χ4v) is 3.57. The van der Waals surface area contributed by atoms with Crippen LogP contribution < -0.4 is 4.72 Å². The summed E-state index contributed by atoms with van der Waals surface area (Å²) < 4.78 is 26.9. The maximum Gasteiger partial charge on any atom is 0.244 e. The minimum absolute atomic E-state index is 0.0726. The molecule has 0 spiro atoms. The third-order valence-electron chi connectivity index (χ3n) is 3.62. The van der Waals surface area contributed by atoms with E-state index >= 15 is 0 Å². The predicted octanol–water partition coefficient (Wildman–Crippen LogP) is 0.535. The highest BCUT2D eigenvalue weighted by molar-refractivity contribution is 7.89. The molecule has 0 aliphatic heterocycles. The number of aliphatic hydroxyl groups excluding tert-OH is 1. The zero-order chi connectivity index (χ0) is 13.6. The zero-order valence-electron chi connectivity index (χ0n) is 10.8. The van der Waals surface area contributed by atoms with E-state index < -0.39 is 16.6 Å². The number of rotatable bonds is 5. The van der Waals surface area contributed by atoms with Crippen molar-refractivity contribution in [3.05, 3.63) is 11.4 Å². The van der Waals surface area contributed by atoms with E-state index in [0.717, 1.165) is 6.42 Å². The summed E-state index contributed by atoms with van der Waals surface area (Å²) in [6.07, 6.45) is 1.03. The van der Waals surface area contributed by atoms with Gasteiger partial charge in [-0.3, -0.25) is 5.10 Å². The summed E-state index contributed by atoms with van der Waals surface area (Å²) in [5.41, 5.74) is 0.838. The fraction of sp³-hybridized carbons (Fsp3) is 0.727. The number of nitrogens with zero attached hydrogens (tertiary/aromatic N) is 1. The molecule has 7 heteroatoms. The number of aromatic nitrogens is 2. The monoisotopic (exact) mass is 273 g/mol. The van der Waals surface area contributed by atoms with E-state index in [1.54, 1.807) is 6.92 Å². The van der Waals surface area contributed by atoms with Crippen LogP contribution in [-0.2, 0) is 16.6 Å². The average molecular weight is 273 g/mol. The highest BCUT2D eigenvalue weighted by atomic mass is 32.2. The summed E-state index contributed by atoms with van der Waals surface area (Å²) in [5.74, 6) is 0.386. The van der Waals surface area contributed by atoms with Gasteiger partial charge in [0.25, 0.3) is 0 Å². The Morgan fingerprint density at radius 3 is 2.67 bits per heavy atom. The van der Waals surface area contributed by atoms with E-state index in [1.807, 2.05) is 0 Å². The molecule has 102 valence electrons. The maximum atomic E-state index is 12.2. The van der Waals surface area contributed by atoms with Crippen molar-refractivity contribution in [3.8, 4) is 0 Å². The molecule has 1 heterocycles. The molecule has 6 nitrogen and oxygen atoms in total. The molecule has 0 amide bonds. The zero-order valence-corrected chi connectivity index (χ0v) is 11.6. The van der Waals surface area contributed by atoms with Crippen LogP contribution in [0.1, 0.15) is 31.7 Å². The predicted molar refractivity (Wildman–Crippen MR) is 66.3 cm³/mol. The van der Waals surface area contributed by atoms with Gasteiger partial charge in [-0.25, -0.2) is 13.1 Å². The molecule has 2 rings (SSSR count). The Morgan fingerprint density at radius 1 is 1.56 bits per heavy atom. The normalized spacial score (nSPS) is 22.1. The van der Waals surface area contributed by atoms with Gasteiger partial charge in [-0.05, 0) is 24.7 Å². The second kappa shape index (κ2) is 4.32. The van der Waals surface area contributed by atoms with Crippen molar-refractivity contribution < 1.29 is 13.5 Å². The second-order valence-corrected chi connectivity index (χ2v) is 7.23. The molecule has 1 saturated carbocycles. The second-order valence-electron chi connectivity index (χ2n) is 5.52. The first kappa shape index (κ1) is 13.5. The summed E-state index contributed by atoms with van der Waals surface area (Å²) in [6, 6.07) is 0. The molecule has 3 N–H and O–H groups in total. The molecule has 1 aliphatic carbocycles. The third kappa shape index (κ3) is 2.43. The van der Waals surface area contributed by atoms with Crippen molar-refractivity contribution in [2.75, 3.05) is 6.54 Å². The number of H-pyrrole nitrogens is 1.